The van der Waals surface area contributed by atoms with Gasteiger partial charge in [-0.15, -0.1) is 5.10 Å². The smallest absolute Gasteiger partial charge is 0.338 e. The molecule has 8 heteroatoms. The molecule has 1 aromatic carbocycles. The van der Waals surface area contributed by atoms with E-state index in [0.29, 0.717) is 22.1 Å². The number of hydrogen-bond donors (Lipinski definition) is 2. The SMILES string of the molecule is CCOC(=O)C1=C(c2ccccc2)NC(=S)NC1c1csnn1. The van der Waals surface area contributed by atoms with E-state index < -0.39 is 12.0 Å². The Morgan fingerprint density at radius 1 is 1.39 bits per heavy atom. The van der Waals surface area contributed by atoms with E-state index in [2.05, 4.69) is 20.2 Å². The number of benzene rings is 1. The van der Waals surface area contributed by atoms with Gasteiger partial charge in [-0.3, -0.25) is 0 Å². The van der Waals surface area contributed by atoms with Gasteiger partial charge >= 0.3 is 5.97 Å². The molecule has 2 N–H and O–H groups in total. The van der Waals surface area contributed by atoms with Crippen molar-refractivity contribution in [1.29, 1.82) is 0 Å². The predicted octanol–water partition coefficient (Wildman–Crippen LogP) is 2.03. The normalized spacial score (nSPS) is 17.4. The summed E-state index contributed by atoms with van der Waals surface area (Å²) in [5.41, 5.74) is 2.56. The van der Waals surface area contributed by atoms with Gasteiger partial charge in [-0.1, -0.05) is 34.8 Å². The average molecular weight is 346 g/mol. The van der Waals surface area contributed by atoms with E-state index in [1.54, 1.807) is 12.3 Å². The predicted molar refractivity (Wildman–Crippen MR) is 91.5 cm³/mol. The van der Waals surface area contributed by atoms with Crippen LogP contribution in [0.4, 0.5) is 0 Å². The van der Waals surface area contributed by atoms with Gasteiger partial charge in [0.05, 0.1) is 17.9 Å². The average Bonchev–Trinajstić information content (AvgIpc) is 3.09. The Balaban J connectivity index is 2.15. The van der Waals surface area contributed by atoms with Crippen molar-refractivity contribution in [2.24, 2.45) is 0 Å². The molecule has 0 saturated heterocycles. The number of carbonyl (C=O) groups excluding carboxylic acids is 1. The molecule has 1 aliphatic heterocycles. The molecule has 0 amide bonds. The number of esters is 1. The zero-order chi connectivity index (χ0) is 16.2. The van der Waals surface area contributed by atoms with Crippen molar-refractivity contribution in [3.63, 3.8) is 0 Å². The first-order valence-electron chi connectivity index (χ1n) is 7.02. The number of thiocarbonyl (C=S) groups is 1. The Morgan fingerprint density at radius 2 is 2.17 bits per heavy atom. The maximum absolute atomic E-state index is 12.5. The van der Waals surface area contributed by atoms with Crippen molar-refractivity contribution in [3.8, 4) is 0 Å². The highest BCUT2D eigenvalue weighted by Crippen LogP contribution is 2.31. The molecule has 0 bridgehead atoms. The van der Waals surface area contributed by atoms with Crippen LogP contribution >= 0.6 is 23.8 Å². The number of carbonyl (C=O) groups is 1. The van der Waals surface area contributed by atoms with Gasteiger partial charge in [0.1, 0.15) is 11.7 Å². The van der Waals surface area contributed by atoms with Gasteiger partial charge in [0, 0.05) is 5.38 Å². The Morgan fingerprint density at radius 3 is 2.83 bits per heavy atom. The molecule has 23 heavy (non-hydrogen) atoms. The van der Waals surface area contributed by atoms with E-state index in [-0.39, 0.29) is 6.61 Å². The molecule has 6 nitrogen and oxygen atoms in total. The maximum atomic E-state index is 12.5. The highest BCUT2D eigenvalue weighted by atomic mass is 32.1. The molecule has 2 heterocycles. The molecule has 1 atom stereocenters. The van der Waals surface area contributed by atoms with Crippen LogP contribution in [0, 0.1) is 0 Å². The number of rotatable bonds is 4. The molecular weight excluding hydrogens is 332 g/mol. The number of aromatic nitrogens is 2. The molecule has 0 radical (unpaired) electrons. The van der Waals surface area contributed by atoms with Gasteiger partial charge in [0.15, 0.2) is 5.11 Å². The van der Waals surface area contributed by atoms with E-state index in [9.17, 15) is 4.79 Å². The first-order valence-corrected chi connectivity index (χ1v) is 8.26. The number of nitrogens with one attached hydrogen (secondary N) is 2. The van der Waals surface area contributed by atoms with Crippen molar-refractivity contribution in [2.75, 3.05) is 6.61 Å². The quantitative estimate of drug-likeness (QED) is 0.648. The molecule has 3 rings (SSSR count). The minimum absolute atomic E-state index is 0.289. The van der Waals surface area contributed by atoms with Crippen molar-refractivity contribution in [1.82, 2.24) is 20.2 Å². The zero-order valence-electron chi connectivity index (χ0n) is 12.3. The Labute approximate surface area is 142 Å². The van der Waals surface area contributed by atoms with Crippen LogP contribution < -0.4 is 10.6 Å². The first-order chi connectivity index (χ1) is 11.2. The molecule has 1 unspecified atom stereocenters. The monoisotopic (exact) mass is 346 g/mol. The number of nitrogens with zero attached hydrogens (tertiary/aromatic N) is 2. The minimum Gasteiger partial charge on any atom is -0.463 e. The summed E-state index contributed by atoms with van der Waals surface area (Å²) in [5, 5.41) is 12.4. The van der Waals surface area contributed by atoms with Crippen LogP contribution in [0.5, 0.6) is 0 Å². The molecule has 0 saturated carbocycles. The summed E-state index contributed by atoms with van der Waals surface area (Å²) < 4.78 is 9.11. The highest BCUT2D eigenvalue weighted by molar-refractivity contribution is 7.80. The topological polar surface area (TPSA) is 76.1 Å². The lowest BCUT2D eigenvalue weighted by molar-refractivity contribution is -0.138. The third-order valence-corrected chi connectivity index (χ3v) is 4.05. The van der Waals surface area contributed by atoms with Gasteiger partial charge in [-0.25, -0.2) is 4.79 Å². The van der Waals surface area contributed by atoms with Crippen molar-refractivity contribution in [3.05, 3.63) is 52.5 Å². The van der Waals surface area contributed by atoms with Crippen molar-refractivity contribution >= 4 is 40.5 Å². The number of ether oxygens (including phenoxy) is 1. The molecule has 0 fully saturated rings. The van der Waals surface area contributed by atoms with Crippen LogP contribution in [-0.2, 0) is 9.53 Å². The Bertz CT molecular complexity index is 744. The largest absolute Gasteiger partial charge is 0.463 e. The lowest BCUT2D eigenvalue weighted by Crippen LogP contribution is -2.45. The van der Waals surface area contributed by atoms with E-state index in [4.69, 9.17) is 17.0 Å². The van der Waals surface area contributed by atoms with Crippen LogP contribution in [0.25, 0.3) is 5.70 Å². The van der Waals surface area contributed by atoms with Crippen molar-refractivity contribution in [2.45, 2.75) is 13.0 Å². The van der Waals surface area contributed by atoms with E-state index in [1.807, 2.05) is 30.3 Å². The second-order valence-corrected chi connectivity index (χ2v) is 5.75. The summed E-state index contributed by atoms with van der Waals surface area (Å²) in [5.74, 6) is -0.410. The molecule has 1 aromatic heterocycles. The minimum atomic E-state index is -0.489. The van der Waals surface area contributed by atoms with Gasteiger partial charge in [0.2, 0.25) is 0 Å². The fourth-order valence-corrected chi connectivity index (χ4v) is 3.04. The lowest BCUT2D eigenvalue weighted by Gasteiger charge is -2.29. The molecular formula is C15H14N4O2S2. The molecule has 1 aliphatic rings. The Kier molecular flexibility index (Phi) is 4.63. The van der Waals surface area contributed by atoms with Gasteiger partial charge in [0.25, 0.3) is 0 Å². The zero-order valence-corrected chi connectivity index (χ0v) is 13.9. The van der Waals surface area contributed by atoms with E-state index in [0.717, 1.165) is 5.56 Å². The summed E-state index contributed by atoms with van der Waals surface area (Å²) in [7, 11) is 0. The van der Waals surface area contributed by atoms with Crippen LogP contribution in [0.15, 0.2) is 41.3 Å². The third kappa shape index (κ3) is 3.22. The first kappa shape index (κ1) is 15.6. The van der Waals surface area contributed by atoms with Gasteiger partial charge < -0.3 is 15.4 Å². The summed E-state index contributed by atoms with van der Waals surface area (Å²) in [4.78, 5) is 12.5. The third-order valence-electron chi connectivity index (χ3n) is 3.30. The summed E-state index contributed by atoms with van der Waals surface area (Å²) in [6, 6.07) is 9.04. The van der Waals surface area contributed by atoms with Gasteiger partial charge in [-0.05, 0) is 36.2 Å². The highest BCUT2D eigenvalue weighted by Gasteiger charge is 2.34. The molecule has 118 valence electrons. The van der Waals surface area contributed by atoms with Crippen molar-refractivity contribution < 1.29 is 9.53 Å². The summed E-state index contributed by atoms with van der Waals surface area (Å²) in [6.45, 7) is 2.06. The summed E-state index contributed by atoms with van der Waals surface area (Å²) >= 11 is 6.50. The fourth-order valence-electron chi connectivity index (χ4n) is 2.35. The van der Waals surface area contributed by atoms with Crippen LogP contribution in [-0.4, -0.2) is 27.3 Å². The standard InChI is InChI=1S/C15H14N4O2S2/c1-2-21-14(20)11-12(9-6-4-3-5-7-9)16-15(22)17-13(11)10-8-23-19-18-10/h3-8,13H,2H2,1H3,(H2,16,17,22). The van der Waals surface area contributed by atoms with Gasteiger partial charge in [-0.2, -0.15) is 0 Å². The summed E-state index contributed by atoms with van der Waals surface area (Å²) in [6.07, 6.45) is 0. The second kappa shape index (κ2) is 6.84. The molecule has 0 aliphatic carbocycles. The maximum Gasteiger partial charge on any atom is 0.338 e. The lowest BCUT2D eigenvalue weighted by atomic mass is 9.96. The van der Waals surface area contributed by atoms with Crippen LogP contribution in [0.3, 0.4) is 0 Å². The number of hydrogen-bond acceptors (Lipinski definition) is 6. The molecule has 2 aromatic rings. The molecule has 0 spiro atoms. The fraction of sp³-hybridized carbons (Fsp3) is 0.200. The van der Waals surface area contributed by atoms with E-state index in [1.165, 1.54) is 11.5 Å². The second-order valence-electron chi connectivity index (χ2n) is 4.74. The van der Waals surface area contributed by atoms with Crippen LogP contribution in [0.1, 0.15) is 24.2 Å². The van der Waals surface area contributed by atoms with E-state index >= 15 is 0 Å². The van der Waals surface area contributed by atoms with Crippen LogP contribution in [0.2, 0.25) is 0 Å². The Hall–Kier alpha value is -2.32.